The minimum atomic E-state index is -0.676. The third-order valence-electron chi connectivity index (χ3n) is 5.51. The highest BCUT2D eigenvalue weighted by atomic mass is 16.5. The number of likely N-dealkylation sites (tertiary alicyclic amines) is 1. The number of aliphatic hydroxyl groups is 1. The molecule has 0 amide bonds. The van der Waals surface area contributed by atoms with E-state index in [4.69, 9.17) is 14.7 Å². The van der Waals surface area contributed by atoms with Crippen LogP contribution in [0.15, 0.2) is 18.2 Å². The Bertz CT molecular complexity index is 624. The molecule has 2 saturated heterocycles. The van der Waals surface area contributed by atoms with Crippen LogP contribution < -0.4 is 4.74 Å². The maximum Gasteiger partial charge on any atom is 0.123 e. The van der Waals surface area contributed by atoms with Crippen LogP contribution in [0.1, 0.15) is 37.3 Å². The number of ether oxygens (including phenoxy) is 2. The fourth-order valence-electron chi connectivity index (χ4n) is 4.07. The Morgan fingerprint density at radius 1 is 1.50 bits per heavy atom. The van der Waals surface area contributed by atoms with Crippen molar-refractivity contribution < 1.29 is 14.6 Å². The predicted molar refractivity (Wildman–Crippen MR) is 90.7 cm³/mol. The normalized spacial score (nSPS) is 30.9. The van der Waals surface area contributed by atoms with Crippen LogP contribution >= 0.6 is 0 Å². The van der Waals surface area contributed by atoms with Gasteiger partial charge >= 0.3 is 0 Å². The molecule has 0 aliphatic carbocycles. The fourth-order valence-corrected chi connectivity index (χ4v) is 4.07. The monoisotopic (exact) mass is 330 g/mol. The van der Waals surface area contributed by atoms with Gasteiger partial charge in [0.05, 0.1) is 31.0 Å². The second-order valence-corrected chi connectivity index (χ2v) is 7.11. The Labute approximate surface area is 143 Å². The van der Waals surface area contributed by atoms with Crippen molar-refractivity contribution in [2.75, 3.05) is 26.9 Å². The smallest absolute Gasteiger partial charge is 0.123 e. The molecular weight excluding hydrogens is 304 g/mol. The molecule has 130 valence electrons. The van der Waals surface area contributed by atoms with Crippen molar-refractivity contribution in [2.45, 2.75) is 44.4 Å². The van der Waals surface area contributed by atoms with Gasteiger partial charge in [-0.25, -0.2) is 0 Å². The SMILES string of the molecule is COc1ccc(C#N)cc1CN1CCC[C@@H]1[C@H]1COCC[C@@]1(C)O. The quantitative estimate of drug-likeness (QED) is 0.918. The fraction of sp³-hybridized carbons (Fsp3) is 0.632. The molecule has 0 bridgehead atoms. The highest BCUT2D eigenvalue weighted by molar-refractivity contribution is 5.42. The first-order valence-electron chi connectivity index (χ1n) is 8.66. The molecule has 2 aliphatic rings. The largest absolute Gasteiger partial charge is 0.496 e. The van der Waals surface area contributed by atoms with E-state index in [1.807, 2.05) is 19.1 Å². The molecule has 3 rings (SSSR count). The van der Waals surface area contributed by atoms with E-state index in [1.54, 1.807) is 13.2 Å². The van der Waals surface area contributed by atoms with Gasteiger partial charge in [-0.3, -0.25) is 4.90 Å². The van der Waals surface area contributed by atoms with Crippen molar-refractivity contribution in [1.82, 2.24) is 4.90 Å². The summed E-state index contributed by atoms with van der Waals surface area (Å²) in [6.45, 7) is 4.92. The zero-order chi connectivity index (χ0) is 17.2. The van der Waals surface area contributed by atoms with Crippen LogP contribution in [0.5, 0.6) is 5.75 Å². The summed E-state index contributed by atoms with van der Waals surface area (Å²) < 4.78 is 11.1. The number of hydrogen-bond acceptors (Lipinski definition) is 5. The summed E-state index contributed by atoms with van der Waals surface area (Å²) in [5, 5.41) is 19.9. The Kier molecular flexibility index (Phi) is 5.09. The summed E-state index contributed by atoms with van der Waals surface area (Å²) in [7, 11) is 1.66. The third kappa shape index (κ3) is 3.41. The Morgan fingerprint density at radius 3 is 3.04 bits per heavy atom. The number of nitriles is 1. The lowest BCUT2D eigenvalue weighted by atomic mass is 9.79. The molecule has 3 atom stereocenters. The molecule has 0 aromatic heterocycles. The van der Waals surface area contributed by atoms with Crippen molar-refractivity contribution in [2.24, 2.45) is 5.92 Å². The van der Waals surface area contributed by atoms with E-state index in [2.05, 4.69) is 11.0 Å². The molecule has 0 spiro atoms. The topological polar surface area (TPSA) is 65.7 Å². The lowest BCUT2D eigenvalue weighted by Crippen LogP contribution is -2.52. The lowest BCUT2D eigenvalue weighted by Gasteiger charge is -2.43. The van der Waals surface area contributed by atoms with E-state index in [0.717, 1.165) is 37.2 Å². The molecule has 1 aromatic rings. The zero-order valence-electron chi connectivity index (χ0n) is 14.5. The van der Waals surface area contributed by atoms with E-state index in [-0.39, 0.29) is 5.92 Å². The first-order valence-corrected chi connectivity index (χ1v) is 8.66. The minimum Gasteiger partial charge on any atom is -0.496 e. The molecule has 2 fully saturated rings. The van der Waals surface area contributed by atoms with Gasteiger partial charge in [-0.1, -0.05) is 0 Å². The van der Waals surface area contributed by atoms with Crippen LogP contribution in [0, 0.1) is 17.2 Å². The second kappa shape index (κ2) is 7.10. The van der Waals surface area contributed by atoms with Crippen molar-refractivity contribution >= 4 is 0 Å². The molecule has 5 heteroatoms. The third-order valence-corrected chi connectivity index (χ3v) is 5.51. The van der Waals surface area contributed by atoms with Crippen molar-refractivity contribution in [3.05, 3.63) is 29.3 Å². The second-order valence-electron chi connectivity index (χ2n) is 7.11. The van der Waals surface area contributed by atoms with Crippen LogP contribution in [0.3, 0.4) is 0 Å². The van der Waals surface area contributed by atoms with Crippen molar-refractivity contribution in [3.63, 3.8) is 0 Å². The molecule has 5 nitrogen and oxygen atoms in total. The van der Waals surface area contributed by atoms with E-state index in [0.29, 0.717) is 31.2 Å². The standard InChI is InChI=1S/C19H26N2O3/c1-19(22)7-9-24-13-16(19)17-4-3-8-21(17)12-15-10-14(11-20)5-6-18(15)23-2/h5-6,10,16-17,22H,3-4,7-9,12-13H2,1-2H3/t16-,17-,19-/m1/s1. The van der Waals surface area contributed by atoms with Gasteiger partial charge in [-0.05, 0) is 50.9 Å². The Morgan fingerprint density at radius 2 is 2.33 bits per heavy atom. The summed E-state index contributed by atoms with van der Waals surface area (Å²) in [5.41, 5.74) is 0.999. The molecule has 0 unspecified atom stereocenters. The van der Waals surface area contributed by atoms with Crippen LogP contribution in [0.25, 0.3) is 0 Å². The molecule has 0 saturated carbocycles. The highest BCUT2D eigenvalue weighted by Gasteiger charge is 2.44. The van der Waals surface area contributed by atoms with Gasteiger partial charge in [0.15, 0.2) is 0 Å². The number of benzene rings is 1. The molecule has 2 aliphatic heterocycles. The molecule has 0 radical (unpaired) electrons. The summed E-state index contributed by atoms with van der Waals surface area (Å²) in [4.78, 5) is 2.41. The first-order chi connectivity index (χ1) is 11.5. The van der Waals surface area contributed by atoms with Gasteiger partial charge in [0.2, 0.25) is 0 Å². The van der Waals surface area contributed by atoms with Crippen LogP contribution in [0.4, 0.5) is 0 Å². The molecule has 2 heterocycles. The highest BCUT2D eigenvalue weighted by Crippen LogP contribution is 2.37. The predicted octanol–water partition coefficient (Wildman–Crippen LogP) is 2.32. The maximum absolute atomic E-state index is 10.8. The van der Waals surface area contributed by atoms with E-state index >= 15 is 0 Å². The summed E-state index contributed by atoms with van der Waals surface area (Å²) in [6, 6.07) is 8.05. The molecular formula is C19H26N2O3. The summed E-state index contributed by atoms with van der Waals surface area (Å²) >= 11 is 0. The van der Waals surface area contributed by atoms with Gasteiger partial charge in [-0.2, -0.15) is 5.26 Å². The van der Waals surface area contributed by atoms with Crippen molar-refractivity contribution in [1.29, 1.82) is 5.26 Å². The summed E-state index contributed by atoms with van der Waals surface area (Å²) in [5.74, 6) is 0.935. The van der Waals surface area contributed by atoms with Gasteiger partial charge in [0, 0.05) is 30.7 Å². The Hall–Kier alpha value is -1.61. The van der Waals surface area contributed by atoms with Crippen LogP contribution in [0.2, 0.25) is 0 Å². The van der Waals surface area contributed by atoms with E-state index < -0.39 is 5.60 Å². The van der Waals surface area contributed by atoms with Gasteiger partial charge in [-0.15, -0.1) is 0 Å². The number of nitrogens with zero attached hydrogens (tertiary/aromatic N) is 2. The van der Waals surface area contributed by atoms with Gasteiger partial charge in [0.1, 0.15) is 5.75 Å². The minimum absolute atomic E-state index is 0.124. The van der Waals surface area contributed by atoms with Crippen LogP contribution in [-0.4, -0.2) is 48.5 Å². The van der Waals surface area contributed by atoms with Crippen LogP contribution in [-0.2, 0) is 11.3 Å². The average molecular weight is 330 g/mol. The number of hydrogen-bond donors (Lipinski definition) is 1. The molecule has 1 aromatic carbocycles. The van der Waals surface area contributed by atoms with E-state index in [1.165, 1.54) is 0 Å². The molecule has 24 heavy (non-hydrogen) atoms. The zero-order valence-corrected chi connectivity index (χ0v) is 14.5. The Balaban J connectivity index is 1.80. The maximum atomic E-state index is 10.8. The lowest BCUT2D eigenvalue weighted by molar-refractivity contribution is -0.123. The first kappa shape index (κ1) is 17.2. The molecule has 1 N–H and O–H groups in total. The van der Waals surface area contributed by atoms with Gasteiger partial charge < -0.3 is 14.6 Å². The summed E-state index contributed by atoms with van der Waals surface area (Å²) in [6.07, 6.45) is 2.89. The number of rotatable bonds is 4. The number of methoxy groups -OCH3 is 1. The van der Waals surface area contributed by atoms with E-state index in [9.17, 15) is 5.11 Å². The average Bonchev–Trinajstić information content (AvgIpc) is 3.02. The van der Waals surface area contributed by atoms with Gasteiger partial charge in [0.25, 0.3) is 0 Å². The van der Waals surface area contributed by atoms with Crippen molar-refractivity contribution in [3.8, 4) is 11.8 Å².